The molecule has 0 aromatic heterocycles. The van der Waals surface area contributed by atoms with E-state index in [0.29, 0.717) is 13.0 Å². The lowest BCUT2D eigenvalue weighted by atomic mass is 10.1. The molecule has 4 heteroatoms. The van der Waals surface area contributed by atoms with E-state index in [0.717, 1.165) is 25.7 Å². The first kappa shape index (κ1) is 13.8. The molecule has 0 fully saturated rings. The van der Waals surface area contributed by atoms with E-state index < -0.39 is 3.79 Å². The van der Waals surface area contributed by atoms with Crippen LogP contribution in [0.2, 0.25) is 0 Å². The summed E-state index contributed by atoms with van der Waals surface area (Å²) in [7, 11) is 0. The minimum atomic E-state index is -1.08. The minimum Gasteiger partial charge on any atom is -0.396 e. The molecular weight excluding hydrogens is 230 g/mol. The van der Waals surface area contributed by atoms with Gasteiger partial charge in [-0.15, -0.1) is 0 Å². The van der Waals surface area contributed by atoms with E-state index in [9.17, 15) is 0 Å². The van der Waals surface area contributed by atoms with Crippen molar-refractivity contribution < 1.29 is 5.11 Å². The molecule has 0 rings (SSSR count). The third-order valence-electron chi connectivity index (χ3n) is 1.87. The molecule has 1 nitrogen and oxygen atoms in total. The van der Waals surface area contributed by atoms with Gasteiger partial charge >= 0.3 is 0 Å². The molecule has 0 bridgehead atoms. The predicted octanol–water partition coefficient (Wildman–Crippen LogP) is 4.08. The van der Waals surface area contributed by atoms with Crippen LogP contribution in [0.1, 0.15) is 44.9 Å². The Bertz CT molecular complexity index is 112. The van der Waals surface area contributed by atoms with Gasteiger partial charge in [-0.05, 0) is 19.3 Å². The zero-order valence-corrected chi connectivity index (χ0v) is 10.0. The van der Waals surface area contributed by atoms with Gasteiger partial charge in [0.05, 0.1) is 0 Å². The lowest BCUT2D eigenvalue weighted by Crippen LogP contribution is -2.00. The molecule has 13 heavy (non-hydrogen) atoms. The first-order valence-electron chi connectivity index (χ1n) is 4.74. The number of aliphatic hydroxyl groups is 1. The smallest absolute Gasteiger partial charge is 0.190 e. The number of unbranched alkanes of at least 4 members (excludes halogenated alkanes) is 5. The van der Waals surface area contributed by atoms with Crippen molar-refractivity contribution in [3.8, 4) is 0 Å². The normalized spacial score (nSPS) is 12.0. The summed E-state index contributed by atoms with van der Waals surface area (Å²) in [6, 6.07) is 0. The van der Waals surface area contributed by atoms with E-state index in [-0.39, 0.29) is 0 Å². The third kappa shape index (κ3) is 12.8. The second kappa shape index (κ2) is 8.16. The van der Waals surface area contributed by atoms with Crippen LogP contribution in [0.15, 0.2) is 0 Å². The summed E-state index contributed by atoms with van der Waals surface area (Å²) in [4.78, 5) is 0. The molecule has 0 unspecified atom stereocenters. The van der Waals surface area contributed by atoms with Crippen molar-refractivity contribution in [3.63, 3.8) is 0 Å². The summed E-state index contributed by atoms with van der Waals surface area (Å²) >= 11 is 16.8. The van der Waals surface area contributed by atoms with Crippen LogP contribution in [-0.4, -0.2) is 15.5 Å². The van der Waals surface area contributed by atoms with Gasteiger partial charge in [0.1, 0.15) is 0 Å². The van der Waals surface area contributed by atoms with Crippen molar-refractivity contribution >= 4 is 34.8 Å². The number of halogens is 3. The molecule has 80 valence electrons. The van der Waals surface area contributed by atoms with Gasteiger partial charge in [0, 0.05) is 6.61 Å². The first-order valence-corrected chi connectivity index (χ1v) is 5.87. The summed E-state index contributed by atoms with van der Waals surface area (Å²) in [5.74, 6) is 0. The van der Waals surface area contributed by atoms with E-state index in [1.165, 1.54) is 12.8 Å². The lowest BCUT2D eigenvalue weighted by Gasteiger charge is -2.09. The zero-order chi connectivity index (χ0) is 10.2. The van der Waals surface area contributed by atoms with E-state index in [1.54, 1.807) is 0 Å². The highest BCUT2D eigenvalue weighted by atomic mass is 35.6. The molecule has 0 atom stereocenters. The fourth-order valence-corrected chi connectivity index (χ4v) is 1.55. The van der Waals surface area contributed by atoms with Gasteiger partial charge in [-0.1, -0.05) is 60.5 Å². The van der Waals surface area contributed by atoms with Crippen LogP contribution in [-0.2, 0) is 0 Å². The summed E-state index contributed by atoms with van der Waals surface area (Å²) in [5, 5.41) is 8.52. The van der Waals surface area contributed by atoms with E-state index in [2.05, 4.69) is 0 Å². The number of hydrogen-bond donors (Lipinski definition) is 1. The van der Waals surface area contributed by atoms with Crippen molar-refractivity contribution in [3.05, 3.63) is 0 Å². The summed E-state index contributed by atoms with van der Waals surface area (Å²) < 4.78 is -1.08. The lowest BCUT2D eigenvalue weighted by molar-refractivity contribution is 0.282. The van der Waals surface area contributed by atoms with Crippen LogP contribution >= 0.6 is 34.8 Å². The summed E-state index contributed by atoms with van der Waals surface area (Å²) in [6.45, 7) is 0.300. The minimum absolute atomic E-state index is 0.300. The molecule has 0 aromatic rings. The predicted molar refractivity (Wildman–Crippen MR) is 59.7 cm³/mol. The van der Waals surface area contributed by atoms with Crippen LogP contribution in [0.5, 0.6) is 0 Å². The van der Waals surface area contributed by atoms with Crippen LogP contribution in [0.3, 0.4) is 0 Å². The van der Waals surface area contributed by atoms with Gasteiger partial charge in [-0.2, -0.15) is 0 Å². The van der Waals surface area contributed by atoms with Gasteiger partial charge < -0.3 is 5.11 Å². The van der Waals surface area contributed by atoms with Crippen LogP contribution in [0.25, 0.3) is 0 Å². The Hall–Kier alpha value is 0.830. The highest BCUT2D eigenvalue weighted by Crippen LogP contribution is 2.32. The molecule has 0 saturated heterocycles. The Morgan fingerprint density at radius 1 is 0.769 bits per heavy atom. The molecule has 0 amide bonds. The third-order valence-corrected chi connectivity index (χ3v) is 2.44. The first-order chi connectivity index (χ1) is 6.06. The zero-order valence-electron chi connectivity index (χ0n) is 7.74. The molecule has 0 aliphatic carbocycles. The molecule has 0 heterocycles. The van der Waals surface area contributed by atoms with Crippen LogP contribution in [0, 0.1) is 0 Å². The van der Waals surface area contributed by atoms with Gasteiger partial charge in [-0.25, -0.2) is 0 Å². The number of hydrogen-bond acceptors (Lipinski definition) is 1. The summed E-state index contributed by atoms with van der Waals surface area (Å²) in [6.07, 6.45) is 7.06. The molecule has 0 aliphatic rings. The SMILES string of the molecule is OCCCCCCCCC(Cl)(Cl)Cl. The van der Waals surface area contributed by atoms with Gasteiger partial charge in [0.2, 0.25) is 0 Å². The Labute approximate surface area is 95.4 Å². The molecule has 0 saturated carbocycles. The Kier molecular flexibility index (Phi) is 8.69. The van der Waals surface area contributed by atoms with E-state index >= 15 is 0 Å². The maximum atomic E-state index is 8.52. The highest BCUT2D eigenvalue weighted by molar-refractivity contribution is 6.67. The largest absolute Gasteiger partial charge is 0.396 e. The number of alkyl halides is 3. The Morgan fingerprint density at radius 3 is 1.69 bits per heavy atom. The van der Waals surface area contributed by atoms with Gasteiger partial charge in [-0.3, -0.25) is 0 Å². The molecule has 0 aliphatic heterocycles. The van der Waals surface area contributed by atoms with Crippen molar-refractivity contribution in [2.45, 2.75) is 48.7 Å². The van der Waals surface area contributed by atoms with Crippen molar-refractivity contribution in [1.29, 1.82) is 0 Å². The van der Waals surface area contributed by atoms with Crippen molar-refractivity contribution in [2.75, 3.05) is 6.61 Å². The van der Waals surface area contributed by atoms with Gasteiger partial charge in [0.15, 0.2) is 3.79 Å². The maximum Gasteiger partial charge on any atom is 0.190 e. The van der Waals surface area contributed by atoms with E-state index in [4.69, 9.17) is 39.9 Å². The standard InChI is InChI=1S/C9H17Cl3O/c10-9(11,12)7-5-3-1-2-4-6-8-13/h13H,1-8H2. The van der Waals surface area contributed by atoms with Crippen LogP contribution in [0.4, 0.5) is 0 Å². The molecule has 0 radical (unpaired) electrons. The maximum absolute atomic E-state index is 8.52. The average Bonchev–Trinajstić information content (AvgIpc) is 2.01. The summed E-state index contributed by atoms with van der Waals surface area (Å²) in [5.41, 5.74) is 0. The average molecular weight is 248 g/mol. The fraction of sp³-hybridized carbons (Fsp3) is 1.00. The fourth-order valence-electron chi connectivity index (χ4n) is 1.14. The Morgan fingerprint density at radius 2 is 1.23 bits per heavy atom. The number of aliphatic hydroxyl groups excluding tert-OH is 1. The quantitative estimate of drug-likeness (QED) is 0.531. The topological polar surface area (TPSA) is 20.2 Å². The van der Waals surface area contributed by atoms with E-state index in [1.807, 2.05) is 0 Å². The van der Waals surface area contributed by atoms with Crippen molar-refractivity contribution in [1.82, 2.24) is 0 Å². The molecule has 0 spiro atoms. The number of rotatable bonds is 7. The monoisotopic (exact) mass is 246 g/mol. The Balaban J connectivity index is 3.00. The highest BCUT2D eigenvalue weighted by Gasteiger charge is 2.17. The van der Waals surface area contributed by atoms with Crippen LogP contribution < -0.4 is 0 Å². The molecular formula is C9H17Cl3O. The molecule has 0 aromatic carbocycles. The second-order valence-corrected chi connectivity index (χ2v) is 5.73. The van der Waals surface area contributed by atoms with Gasteiger partial charge in [0.25, 0.3) is 0 Å². The van der Waals surface area contributed by atoms with Crippen molar-refractivity contribution in [2.24, 2.45) is 0 Å². The second-order valence-electron chi connectivity index (χ2n) is 3.21. The molecule has 1 N–H and O–H groups in total.